The number of benzene rings is 2. The van der Waals surface area contributed by atoms with Crippen LogP contribution in [0.1, 0.15) is 24.1 Å². The Morgan fingerprint density at radius 3 is 2.48 bits per heavy atom. The number of esters is 1. The molecule has 2 aromatic rings. The lowest BCUT2D eigenvalue weighted by Crippen LogP contribution is -2.48. The number of rotatable bonds is 7. The summed E-state index contributed by atoms with van der Waals surface area (Å²) >= 11 is 0. The van der Waals surface area contributed by atoms with E-state index < -0.39 is 29.8 Å². The Bertz CT molecular complexity index is 1070. The normalized spacial score (nSPS) is 16.4. The number of hydrogen-bond acceptors (Lipinski definition) is 5. The van der Waals surface area contributed by atoms with E-state index in [4.69, 9.17) is 14.2 Å². The van der Waals surface area contributed by atoms with E-state index in [9.17, 15) is 22.8 Å². The maximum Gasteiger partial charge on any atom is 0.416 e. The van der Waals surface area contributed by atoms with E-state index in [-0.39, 0.29) is 30.2 Å². The fourth-order valence-corrected chi connectivity index (χ4v) is 3.37. The first-order valence-electron chi connectivity index (χ1n) is 10.0. The van der Waals surface area contributed by atoms with E-state index in [1.807, 2.05) is 0 Å². The van der Waals surface area contributed by atoms with Crippen LogP contribution in [0.2, 0.25) is 0 Å². The number of nitrogens with one attached hydrogen (secondary N) is 1. The third-order valence-corrected chi connectivity index (χ3v) is 5.04. The lowest BCUT2D eigenvalue weighted by molar-refractivity contribution is -0.139. The molecule has 0 aliphatic carbocycles. The molecule has 0 bridgehead atoms. The first kappa shape index (κ1) is 24.0. The van der Waals surface area contributed by atoms with Crippen molar-refractivity contribution in [3.8, 4) is 11.5 Å². The second kappa shape index (κ2) is 9.85. The summed E-state index contributed by atoms with van der Waals surface area (Å²) in [6.07, 6.45) is -4.53. The summed E-state index contributed by atoms with van der Waals surface area (Å²) in [5.41, 5.74) is -0.0272. The van der Waals surface area contributed by atoms with Gasteiger partial charge in [-0.1, -0.05) is 18.2 Å². The molecule has 7 nitrogen and oxygen atoms in total. The number of methoxy groups -OCH3 is 1. The predicted molar refractivity (Wildman–Crippen MR) is 113 cm³/mol. The molecule has 1 N–H and O–H groups in total. The van der Waals surface area contributed by atoms with Gasteiger partial charge in [-0.25, -0.2) is 9.59 Å². The molecule has 1 atom stereocenters. The molecule has 0 aromatic heterocycles. The molecule has 0 fully saturated rings. The number of nitrogens with zero attached hydrogens (tertiary/aromatic N) is 1. The van der Waals surface area contributed by atoms with Crippen LogP contribution >= 0.6 is 0 Å². The lowest BCUT2D eigenvalue weighted by Gasteiger charge is -2.34. The minimum Gasteiger partial charge on any atom is -0.497 e. The summed E-state index contributed by atoms with van der Waals surface area (Å²) < 4.78 is 55.1. The standard InChI is InChI=1S/C23H23F3N2O5/c1-4-32-21(29)19-18(13-33-17-10-6-8-15(12-17)23(24,25)26)28(2)22(30)27-20(19)14-7-5-9-16(11-14)31-3/h5-12,20H,4,13H2,1-3H3,(H,27,30)/t20-/m1/s1. The van der Waals surface area contributed by atoms with Gasteiger partial charge in [0.1, 0.15) is 18.1 Å². The largest absolute Gasteiger partial charge is 0.497 e. The minimum atomic E-state index is -4.53. The van der Waals surface area contributed by atoms with Gasteiger partial charge in [-0.15, -0.1) is 0 Å². The first-order chi connectivity index (χ1) is 15.7. The highest BCUT2D eigenvalue weighted by molar-refractivity contribution is 5.95. The topological polar surface area (TPSA) is 77.1 Å². The Morgan fingerprint density at radius 2 is 1.82 bits per heavy atom. The minimum absolute atomic E-state index is 0.0576. The van der Waals surface area contributed by atoms with Crippen LogP contribution < -0.4 is 14.8 Å². The van der Waals surface area contributed by atoms with Crippen LogP contribution in [0.25, 0.3) is 0 Å². The molecule has 0 saturated carbocycles. The molecule has 1 heterocycles. The Balaban J connectivity index is 2.02. The molecule has 176 valence electrons. The van der Waals surface area contributed by atoms with Gasteiger partial charge in [0.05, 0.1) is 36.6 Å². The van der Waals surface area contributed by atoms with Crippen LogP contribution in [0.5, 0.6) is 11.5 Å². The number of amides is 2. The number of likely N-dealkylation sites (N-methyl/N-ethyl adjacent to an activating group) is 1. The van der Waals surface area contributed by atoms with Crippen molar-refractivity contribution in [2.45, 2.75) is 19.1 Å². The van der Waals surface area contributed by atoms with Gasteiger partial charge in [0.15, 0.2) is 0 Å². The summed E-state index contributed by atoms with van der Waals surface area (Å²) in [4.78, 5) is 26.7. The van der Waals surface area contributed by atoms with Crippen LogP contribution in [0.15, 0.2) is 59.8 Å². The highest BCUT2D eigenvalue weighted by atomic mass is 19.4. The number of ether oxygens (including phenoxy) is 3. The zero-order chi connectivity index (χ0) is 24.2. The van der Waals surface area contributed by atoms with E-state index >= 15 is 0 Å². The number of alkyl halides is 3. The van der Waals surface area contributed by atoms with Crippen molar-refractivity contribution < 1.29 is 37.0 Å². The average Bonchev–Trinajstić information content (AvgIpc) is 2.79. The fraction of sp³-hybridized carbons (Fsp3) is 0.304. The van der Waals surface area contributed by atoms with Crippen LogP contribution in [-0.4, -0.2) is 44.3 Å². The smallest absolute Gasteiger partial charge is 0.416 e. The summed E-state index contributed by atoms with van der Waals surface area (Å²) in [6, 6.07) is 9.77. The predicted octanol–water partition coefficient (Wildman–Crippen LogP) is 4.31. The zero-order valence-electron chi connectivity index (χ0n) is 18.2. The van der Waals surface area contributed by atoms with Gasteiger partial charge in [0, 0.05) is 7.05 Å². The molecule has 1 aliphatic heterocycles. The molecule has 1 aliphatic rings. The highest BCUT2D eigenvalue weighted by Crippen LogP contribution is 2.34. The maximum atomic E-state index is 13.0. The molecule has 33 heavy (non-hydrogen) atoms. The third kappa shape index (κ3) is 5.39. The molecule has 2 amide bonds. The average molecular weight is 464 g/mol. The molecular formula is C23H23F3N2O5. The van der Waals surface area contributed by atoms with Crippen molar-refractivity contribution in [3.63, 3.8) is 0 Å². The SMILES string of the molecule is CCOC(=O)C1=C(COc2cccc(C(F)(F)F)c2)N(C)C(=O)N[C@@H]1c1cccc(OC)c1. The number of urea groups is 1. The van der Waals surface area contributed by atoms with E-state index in [1.165, 1.54) is 31.2 Å². The van der Waals surface area contributed by atoms with Gasteiger partial charge in [-0.05, 0) is 42.8 Å². The second-order valence-electron chi connectivity index (χ2n) is 7.11. The first-order valence-corrected chi connectivity index (χ1v) is 10.0. The monoisotopic (exact) mass is 464 g/mol. The van der Waals surface area contributed by atoms with Crippen LogP contribution in [-0.2, 0) is 15.7 Å². The Hall–Kier alpha value is -3.69. The van der Waals surface area contributed by atoms with Gasteiger partial charge in [-0.3, -0.25) is 4.90 Å². The van der Waals surface area contributed by atoms with Gasteiger partial charge in [0.2, 0.25) is 0 Å². The van der Waals surface area contributed by atoms with E-state index in [1.54, 1.807) is 31.2 Å². The molecule has 2 aromatic carbocycles. The molecule has 0 saturated heterocycles. The number of halogens is 3. The quantitative estimate of drug-likeness (QED) is 0.618. The van der Waals surface area contributed by atoms with Crippen LogP contribution in [0.3, 0.4) is 0 Å². The van der Waals surface area contributed by atoms with E-state index in [0.29, 0.717) is 11.3 Å². The molecule has 10 heteroatoms. The molecule has 0 spiro atoms. The van der Waals surface area contributed by atoms with E-state index in [0.717, 1.165) is 12.1 Å². The Kier molecular flexibility index (Phi) is 7.15. The van der Waals surface area contributed by atoms with Gasteiger partial charge >= 0.3 is 18.2 Å². The summed E-state index contributed by atoms with van der Waals surface area (Å²) in [5.74, 6) is -0.219. The third-order valence-electron chi connectivity index (χ3n) is 5.04. The number of hydrogen-bond donors (Lipinski definition) is 1. The summed E-state index contributed by atoms with van der Waals surface area (Å²) in [6.45, 7) is 1.40. The molecule has 3 rings (SSSR count). The van der Waals surface area contributed by atoms with Crippen molar-refractivity contribution in [1.82, 2.24) is 10.2 Å². The van der Waals surface area contributed by atoms with Crippen molar-refractivity contribution in [2.75, 3.05) is 27.4 Å². The summed E-state index contributed by atoms with van der Waals surface area (Å²) in [7, 11) is 2.92. The second-order valence-corrected chi connectivity index (χ2v) is 7.11. The summed E-state index contributed by atoms with van der Waals surface area (Å²) in [5, 5.41) is 2.75. The lowest BCUT2D eigenvalue weighted by atomic mass is 9.94. The molecular weight excluding hydrogens is 441 g/mol. The van der Waals surface area contributed by atoms with Crippen molar-refractivity contribution in [1.29, 1.82) is 0 Å². The number of carbonyl (C=O) groups excluding carboxylic acids is 2. The van der Waals surface area contributed by atoms with Crippen LogP contribution in [0.4, 0.5) is 18.0 Å². The maximum absolute atomic E-state index is 13.0. The van der Waals surface area contributed by atoms with Crippen molar-refractivity contribution in [2.24, 2.45) is 0 Å². The van der Waals surface area contributed by atoms with Crippen molar-refractivity contribution in [3.05, 3.63) is 70.9 Å². The van der Waals surface area contributed by atoms with Gasteiger partial charge < -0.3 is 19.5 Å². The zero-order valence-corrected chi connectivity index (χ0v) is 18.2. The Labute approximate surface area is 188 Å². The number of carbonyl (C=O) groups is 2. The molecule has 0 radical (unpaired) electrons. The van der Waals surface area contributed by atoms with Crippen LogP contribution in [0, 0.1) is 0 Å². The fourth-order valence-electron chi connectivity index (χ4n) is 3.37. The van der Waals surface area contributed by atoms with Crippen molar-refractivity contribution >= 4 is 12.0 Å². The highest BCUT2D eigenvalue weighted by Gasteiger charge is 2.37. The van der Waals surface area contributed by atoms with Gasteiger partial charge in [0.25, 0.3) is 0 Å². The van der Waals surface area contributed by atoms with E-state index in [2.05, 4.69) is 5.32 Å². The Morgan fingerprint density at radius 1 is 1.12 bits per heavy atom. The molecule has 0 unspecified atom stereocenters. The van der Waals surface area contributed by atoms with Gasteiger partial charge in [-0.2, -0.15) is 13.2 Å².